The zero-order chi connectivity index (χ0) is 9.26. The third kappa shape index (κ3) is 1.33. The minimum absolute atomic E-state index is 0.314. The predicted octanol–water partition coefficient (Wildman–Crippen LogP) is 1.90. The van der Waals surface area contributed by atoms with Crippen molar-refractivity contribution in [2.24, 2.45) is 0 Å². The molecule has 0 spiro atoms. The van der Waals surface area contributed by atoms with Crippen molar-refractivity contribution in [2.45, 2.75) is 13.3 Å². The Morgan fingerprint density at radius 2 is 2.23 bits per heavy atom. The van der Waals surface area contributed by atoms with E-state index < -0.39 is 0 Å². The van der Waals surface area contributed by atoms with E-state index in [-0.39, 0.29) is 0 Å². The first-order chi connectivity index (χ1) is 6.31. The van der Waals surface area contributed by atoms with Gasteiger partial charge in [-0.2, -0.15) is 0 Å². The molecule has 0 fully saturated rings. The summed E-state index contributed by atoms with van der Waals surface area (Å²) in [7, 11) is 0. The molecule has 0 aliphatic rings. The highest BCUT2D eigenvalue weighted by Gasteiger charge is 2.01. The van der Waals surface area contributed by atoms with Gasteiger partial charge in [-0.3, -0.25) is 0 Å². The second-order valence-corrected chi connectivity index (χ2v) is 2.92. The summed E-state index contributed by atoms with van der Waals surface area (Å²) in [4.78, 5) is 7.97. The number of hydrogen-bond acceptors (Lipinski definition) is 3. The predicted molar refractivity (Wildman–Crippen MR) is 50.6 cm³/mol. The summed E-state index contributed by atoms with van der Waals surface area (Å²) in [6.07, 6.45) is 4.05. The Morgan fingerprint density at radius 1 is 1.38 bits per heavy atom. The first-order valence-corrected chi connectivity index (χ1v) is 4.23. The van der Waals surface area contributed by atoms with Crippen molar-refractivity contribution >= 4 is 10.9 Å². The molecule has 2 aromatic rings. The van der Waals surface area contributed by atoms with Crippen LogP contribution in [0.25, 0.3) is 10.9 Å². The molecule has 3 nitrogen and oxygen atoms in total. The van der Waals surface area contributed by atoms with Crippen LogP contribution >= 0.6 is 0 Å². The van der Waals surface area contributed by atoms with Crippen molar-refractivity contribution in [3.8, 4) is 5.75 Å². The lowest BCUT2D eigenvalue weighted by atomic mass is 10.1. The van der Waals surface area contributed by atoms with Crippen molar-refractivity contribution in [1.82, 2.24) is 9.97 Å². The third-order valence-corrected chi connectivity index (χ3v) is 2.09. The lowest BCUT2D eigenvalue weighted by Gasteiger charge is -2.02. The van der Waals surface area contributed by atoms with E-state index in [4.69, 9.17) is 0 Å². The molecule has 66 valence electrons. The molecular weight excluding hydrogens is 164 g/mol. The molecule has 1 aromatic carbocycles. The quantitative estimate of drug-likeness (QED) is 0.718. The van der Waals surface area contributed by atoms with Crippen molar-refractivity contribution in [3.05, 3.63) is 30.2 Å². The van der Waals surface area contributed by atoms with Crippen LogP contribution in [-0.4, -0.2) is 15.1 Å². The van der Waals surface area contributed by atoms with Crippen LogP contribution < -0.4 is 0 Å². The van der Waals surface area contributed by atoms with E-state index in [0.717, 1.165) is 22.9 Å². The Morgan fingerprint density at radius 3 is 3.00 bits per heavy atom. The van der Waals surface area contributed by atoms with Gasteiger partial charge in [0.15, 0.2) is 0 Å². The molecule has 3 heteroatoms. The normalized spacial score (nSPS) is 10.5. The van der Waals surface area contributed by atoms with E-state index in [1.54, 1.807) is 12.3 Å². The van der Waals surface area contributed by atoms with Crippen molar-refractivity contribution in [2.75, 3.05) is 0 Å². The number of fused-ring (bicyclic) bond motifs is 1. The first-order valence-electron chi connectivity index (χ1n) is 4.23. The zero-order valence-corrected chi connectivity index (χ0v) is 7.36. The molecule has 0 bridgehead atoms. The molecule has 1 heterocycles. The van der Waals surface area contributed by atoms with Crippen LogP contribution in [0.4, 0.5) is 0 Å². The third-order valence-electron chi connectivity index (χ3n) is 2.09. The lowest BCUT2D eigenvalue weighted by molar-refractivity contribution is 0.469. The van der Waals surface area contributed by atoms with E-state index in [1.807, 2.05) is 13.0 Å². The van der Waals surface area contributed by atoms with Gasteiger partial charge < -0.3 is 5.11 Å². The summed E-state index contributed by atoms with van der Waals surface area (Å²) >= 11 is 0. The van der Waals surface area contributed by atoms with Crippen LogP contribution in [0.1, 0.15) is 12.5 Å². The van der Waals surface area contributed by atoms with E-state index in [9.17, 15) is 5.11 Å². The minimum atomic E-state index is 0.314. The highest BCUT2D eigenvalue weighted by Crippen LogP contribution is 2.23. The van der Waals surface area contributed by atoms with Gasteiger partial charge in [0.1, 0.15) is 12.1 Å². The van der Waals surface area contributed by atoms with Gasteiger partial charge in [0.05, 0.1) is 5.52 Å². The number of benzene rings is 1. The van der Waals surface area contributed by atoms with Crippen molar-refractivity contribution < 1.29 is 5.11 Å². The highest BCUT2D eigenvalue weighted by atomic mass is 16.3. The van der Waals surface area contributed by atoms with Gasteiger partial charge in [-0.15, -0.1) is 0 Å². The molecule has 0 unspecified atom stereocenters. The highest BCUT2D eigenvalue weighted by molar-refractivity contribution is 5.80. The second-order valence-electron chi connectivity index (χ2n) is 2.92. The standard InChI is InChI=1S/C10H10N2O/c1-2-7-3-8-5-11-6-12-9(8)4-10(7)13/h3-6,13H,2H2,1H3. The van der Waals surface area contributed by atoms with Crippen molar-refractivity contribution in [3.63, 3.8) is 0 Å². The summed E-state index contributed by atoms with van der Waals surface area (Å²) < 4.78 is 0. The maximum absolute atomic E-state index is 9.55. The molecule has 1 aromatic heterocycles. The number of rotatable bonds is 1. The van der Waals surface area contributed by atoms with Gasteiger partial charge in [-0.1, -0.05) is 6.92 Å². The number of phenols is 1. The lowest BCUT2D eigenvalue weighted by Crippen LogP contribution is -1.85. The topological polar surface area (TPSA) is 46.0 Å². The first kappa shape index (κ1) is 7.98. The second kappa shape index (κ2) is 3.01. The number of phenolic OH excluding ortho intramolecular Hbond substituents is 1. The molecule has 13 heavy (non-hydrogen) atoms. The smallest absolute Gasteiger partial charge is 0.120 e. The van der Waals surface area contributed by atoms with Crippen LogP contribution in [-0.2, 0) is 6.42 Å². The summed E-state index contributed by atoms with van der Waals surface area (Å²) in [5.74, 6) is 0.314. The van der Waals surface area contributed by atoms with E-state index >= 15 is 0 Å². The molecule has 0 atom stereocenters. The molecule has 1 N–H and O–H groups in total. The van der Waals surface area contributed by atoms with Gasteiger partial charge in [0.2, 0.25) is 0 Å². The van der Waals surface area contributed by atoms with Crippen LogP contribution in [0, 0.1) is 0 Å². The fourth-order valence-corrected chi connectivity index (χ4v) is 1.35. The van der Waals surface area contributed by atoms with Crippen LogP contribution in [0.2, 0.25) is 0 Å². The number of hydrogen-bond donors (Lipinski definition) is 1. The maximum Gasteiger partial charge on any atom is 0.120 e. The molecule has 0 aliphatic heterocycles. The monoisotopic (exact) mass is 174 g/mol. The van der Waals surface area contributed by atoms with Crippen LogP contribution in [0.15, 0.2) is 24.7 Å². The maximum atomic E-state index is 9.55. The molecule has 0 amide bonds. The summed E-state index contributed by atoms with van der Waals surface area (Å²) in [6, 6.07) is 3.60. The van der Waals surface area contributed by atoms with Gasteiger partial charge in [-0.25, -0.2) is 9.97 Å². The van der Waals surface area contributed by atoms with Crippen molar-refractivity contribution in [1.29, 1.82) is 0 Å². The summed E-state index contributed by atoms with van der Waals surface area (Å²) in [5.41, 5.74) is 1.71. The largest absolute Gasteiger partial charge is 0.508 e. The number of aryl methyl sites for hydroxylation is 1. The van der Waals surface area contributed by atoms with Gasteiger partial charge >= 0.3 is 0 Å². The Bertz CT molecular complexity index is 440. The molecule has 0 saturated carbocycles. The number of aromatic nitrogens is 2. The zero-order valence-electron chi connectivity index (χ0n) is 7.36. The Hall–Kier alpha value is -1.64. The Labute approximate surface area is 76.1 Å². The molecule has 0 aliphatic carbocycles. The average molecular weight is 174 g/mol. The molecule has 0 saturated heterocycles. The van der Waals surface area contributed by atoms with Gasteiger partial charge in [-0.05, 0) is 18.1 Å². The number of aromatic hydroxyl groups is 1. The molecule has 2 rings (SSSR count). The van der Waals surface area contributed by atoms with E-state index in [0.29, 0.717) is 5.75 Å². The van der Waals surface area contributed by atoms with E-state index in [2.05, 4.69) is 9.97 Å². The summed E-state index contributed by atoms with van der Waals surface area (Å²) in [5, 5.41) is 10.5. The van der Waals surface area contributed by atoms with Crippen LogP contribution in [0.3, 0.4) is 0 Å². The number of nitrogens with zero attached hydrogens (tertiary/aromatic N) is 2. The van der Waals surface area contributed by atoms with Crippen LogP contribution in [0.5, 0.6) is 5.75 Å². The van der Waals surface area contributed by atoms with Gasteiger partial charge in [0, 0.05) is 17.6 Å². The minimum Gasteiger partial charge on any atom is -0.508 e. The summed E-state index contributed by atoms with van der Waals surface area (Å²) in [6.45, 7) is 2.00. The van der Waals surface area contributed by atoms with Gasteiger partial charge in [0.25, 0.3) is 0 Å². The SMILES string of the molecule is CCc1cc2cncnc2cc1O. The fourth-order valence-electron chi connectivity index (χ4n) is 1.35. The Kier molecular flexibility index (Phi) is 1.85. The molecular formula is C10H10N2O. The van der Waals surface area contributed by atoms with E-state index in [1.165, 1.54) is 6.33 Å². The fraction of sp³-hybridized carbons (Fsp3) is 0.200. The average Bonchev–Trinajstić information content (AvgIpc) is 2.17. The molecule has 0 radical (unpaired) electrons. The Balaban J connectivity index is 2.74.